The molecule has 0 amide bonds. The quantitative estimate of drug-likeness (QED) is 0.268. The number of non-ortho nitro benzene ring substituents is 1. The van der Waals surface area contributed by atoms with Gasteiger partial charge in [-0.2, -0.15) is 8.78 Å². The molecule has 0 radical (unpaired) electrons. The van der Waals surface area contributed by atoms with Crippen molar-refractivity contribution in [2.45, 2.75) is 26.2 Å². The largest absolute Gasteiger partial charge is 0.487 e. The van der Waals surface area contributed by atoms with E-state index in [2.05, 4.69) is 15.4 Å². The van der Waals surface area contributed by atoms with Crippen LogP contribution in [0.4, 0.5) is 34.6 Å². The molecule has 0 aromatic heterocycles. The molecule has 0 atom stereocenters. The van der Waals surface area contributed by atoms with Gasteiger partial charge in [0.25, 0.3) is 5.69 Å². The van der Waals surface area contributed by atoms with Gasteiger partial charge in [0.15, 0.2) is 11.7 Å². The molecule has 6 nitrogen and oxygen atoms in total. The van der Waals surface area contributed by atoms with Gasteiger partial charge in [0.05, 0.1) is 16.7 Å². The predicted octanol–water partition coefficient (Wildman–Crippen LogP) is 5.30. The van der Waals surface area contributed by atoms with Crippen LogP contribution in [0.25, 0.3) is 0 Å². The molecule has 2 rings (SSSR count). The van der Waals surface area contributed by atoms with Crippen LogP contribution in [-0.2, 0) is 0 Å². The van der Waals surface area contributed by atoms with Crippen LogP contribution in [0.1, 0.15) is 11.1 Å². The second-order valence-electron chi connectivity index (χ2n) is 6.22. The first-order valence-electron chi connectivity index (χ1n) is 8.21. The average molecular weight is 431 g/mol. The van der Waals surface area contributed by atoms with Gasteiger partial charge in [-0.1, -0.05) is 17.7 Å². The fourth-order valence-electron chi connectivity index (χ4n) is 2.33. The number of nitrogens with zero attached hydrogens (tertiary/aromatic N) is 1. The molecule has 11 heteroatoms. The second-order valence-corrected chi connectivity index (χ2v) is 6.63. The highest BCUT2D eigenvalue weighted by Gasteiger charge is 2.41. The average Bonchev–Trinajstić information content (AvgIpc) is 2.62. The molecular formula is C18H17F4N3O3S. The number of thiocarbonyl (C=S) groups is 1. The second kappa shape index (κ2) is 9.03. The number of rotatable bonds is 7. The molecule has 2 aromatic carbocycles. The maximum Gasteiger partial charge on any atom is 0.340 e. The lowest BCUT2D eigenvalue weighted by atomic mass is 10.1. The maximum atomic E-state index is 13.1. The lowest BCUT2D eigenvalue weighted by Crippen LogP contribution is -2.33. The van der Waals surface area contributed by atoms with E-state index in [-0.39, 0.29) is 16.5 Å². The molecular weight excluding hydrogens is 414 g/mol. The van der Waals surface area contributed by atoms with Gasteiger partial charge in [-0.25, -0.2) is 8.78 Å². The molecule has 2 aromatic rings. The lowest BCUT2D eigenvalue weighted by Gasteiger charge is -2.17. The Morgan fingerprint density at radius 3 is 2.48 bits per heavy atom. The number of anilines is 2. The standard InChI is InChI=1S/C18H17F4N3O3S/c1-10-3-4-15(11(2)5-10)24-17(29)23-12-6-13(25(26)27)8-14(7-12)28-9-18(21,22)16(19)20/h3-8,16H,9H2,1-2H3,(H2,23,24,29). The fraction of sp³-hybridized carbons (Fsp3) is 0.278. The van der Waals surface area contributed by atoms with E-state index in [1.54, 1.807) is 6.07 Å². The zero-order valence-electron chi connectivity index (χ0n) is 15.3. The van der Waals surface area contributed by atoms with Crippen molar-refractivity contribution in [3.05, 3.63) is 57.6 Å². The summed E-state index contributed by atoms with van der Waals surface area (Å²) in [5.74, 6) is -4.77. The first-order chi connectivity index (χ1) is 13.5. The topological polar surface area (TPSA) is 76.4 Å². The van der Waals surface area contributed by atoms with E-state index in [1.165, 1.54) is 0 Å². The third-order valence-corrected chi connectivity index (χ3v) is 3.94. The van der Waals surface area contributed by atoms with E-state index in [1.807, 2.05) is 26.0 Å². The predicted molar refractivity (Wildman–Crippen MR) is 105 cm³/mol. The van der Waals surface area contributed by atoms with Crippen LogP contribution in [-0.4, -0.2) is 29.0 Å². The van der Waals surface area contributed by atoms with Crippen molar-refractivity contribution in [3.8, 4) is 5.75 Å². The number of aryl methyl sites for hydroxylation is 2. The van der Waals surface area contributed by atoms with Gasteiger partial charge in [0.1, 0.15) is 5.75 Å². The highest BCUT2D eigenvalue weighted by atomic mass is 32.1. The normalized spacial score (nSPS) is 11.3. The summed E-state index contributed by atoms with van der Waals surface area (Å²) in [5, 5.41) is 16.8. The lowest BCUT2D eigenvalue weighted by molar-refractivity contribution is -0.384. The Balaban J connectivity index is 2.17. The van der Waals surface area contributed by atoms with Crippen molar-refractivity contribution in [2.24, 2.45) is 0 Å². The van der Waals surface area contributed by atoms with Gasteiger partial charge in [0, 0.05) is 17.8 Å². The Morgan fingerprint density at radius 1 is 1.21 bits per heavy atom. The first kappa shape index (κ1) is 22.3. The van der Waals surface area contributed by atoms with Gasteiger partial charge >= 0.3 is 12.3 Å². The summed E-state index contributed by atoms with van der Waals surface area (Å²) in [6.45, 7) is 2.16. The Kier molecular flexibility index (Phi) is 6.96. The Hall–Kier alpha value is -2.95. The molecule has 2 N–H and O–H groups in total. The molecule has 0 heterocycles. The Labute approximate surface area is 169 Å². The molecule has 29 heavy (non-hydrogen) atoms. The minimum Gasteiger partial charge on any atom is -0.487 e. The van der Waals surface area contributed by atoms with Crippen molar-refractivity contribution in [3.63, 3.8) is 0 Å². The number of hydrogen-bond donors (Lipinski definition) is 2. The highest BCUT2D eigenvalue weighted by Crippen LogP contribution is 2.29. The summed E-state index contributed by atoms with van der Waals surface area (Å²) in [7, 11) is 0. The number of alkyl halides is 4. The van der Waals surface area contributed by atoms with Crippen LogP contribution in [0, 0.1) is 24.0 Å². The van der Waals surface area contributed by atoms with Gasteiger partial charge < -0.3 is 15.4 Å². The van der Waals surface area contributed by atoms with E-state index >= 15 is 0 Å². The summed E-state index contributed by atoms with van der Waals surface area (Å²) < 4.78 is 55.3. The van der Waals surface area contributed by atoms with E-state index in [9.17, 15) is 27.7 Å². The number of nitrogens with one attached hydrogen (secondary N) is 2. The van der Waals surface area contributed by atoms with Crippen molar-refractivity contribution in [1.29, 1.82) is 0 Å². The zero-order valence-corrected chi connectivity index (χ0v) is 16.2. The number of hydrogen-bond acceptors (Lipinski definition) is 4. The van der Waals surface area contributed by atoms with Crippen molar-refractivity contribution >= 4 is 34.4 Å². The SMILES string of the molecule is Cc1ccc(NC(=S)Nc2cc(OCC(F)(F)C(F)F)cc([N+](=O)[O-])c2)c(C)c1. The van der Waals surface area contributed by atoms with Crippen molar-refractivity contribution in [2.75, 3.05) is 17.2 Å². The van der Waals surface area contributed by atoms with Gasteiger partial charge in [-0.3, -0.25) is 10.1 Å². The number of nitro benzene ring substituents is 1. The molecule has 0 aliphatic rings. The number of halogens is 4. The maximum absolute atomic E-state index is 13.1. The molecule has 0 aliphatic heterocycles. The monoisotopic (exact) mass is 431 g/mol. The van der Waals surface area contributed by atoms with Gasteiger partial charge in [-0.05, 0) is 37.7 Å². The molecule has 0 bridgehead atoms. The summed E-state index contributed by atoms with van der Waals surface area (Å²) in [5.41, 5.74) is 2.24. The third-order valence-electron chi connectivity index (χ3n) is 3.74. The minimum atomic E-state index is -4.39. The summed E-state index contributed by atoms with van der Waals surface area (Å²) >= 11 is 5.17. The molecule has 0 saturated heterocycles. The molecule has 0 fully saturated rings. The van der Waals surface area contributed by atoms with Crippen molar-refractivity contribution in [1.82, 2.24) is 0 Å². The molecule has 0 saturated carbocycles. The summed E-state index contributed by atoms with van der Waals surface area (Å²) in [4.78, 5) is 10.3. The minimum absolute atomic E-state index is 0.0665. The smallest absolute Gasteiger partial charge is 0.340 e. The van der Waals surface area contributed by atoms with Crippen LogP contribution in [0.3, 0.4) is 0 Å². The van der Waals surface area contributed by atoms with E-state index in [4.69, 9.17) is 12.2 Å². The van der Waals surface area contributed by atoms with E-state index in [0.29, 0.717) is 5.69 Å². The Bertz CT molecular complexity index is 925. The van der Waals surface area contributed by atoms with Crippen LogP contribution in [0.2, 0.25) is 0 Å². The number of ether oxygens (including phenoxy) is 1. The van der Waals surface area contributed by atoms with Gasteiger partial charge in [-0.15, -0.1) is 0 Å². The first-order valence-corrected chi connectivity index (χ1v) is 8.62. The Morgan fingerprint density at radius 2 is 1.90 bits per heavy atom. The zero-order chi connectivity index (χ0) is 21.8. The highest BCUT2D eigenvalue weighted by molar-refractivity contribution is 7.80. The molecule has 0 unspecified atom stereocenters. The molecule has 0 spiro atoms. The fourth-order valence-corrected chi connectivity index (χ4v) is 2.55. The van der Waals surface area contributed by atoms with E-state index < -0.39 is 29.6 Å². The van der Waals surface area contributed by atoms with Crippen molar-refractivity contribution < 1.29 is 27.2 Å². The van der Waals surface area contributed by atoms with Crippen LogP contribution in [0.5, 0.6) is 5.75 Å². The third kappa shape index (κ3) is 6.28. The van der Waals surface area contributed by atoms with Crippen LogP contribution >= 0.6 is 12.2 Å². The van der Waals surface area contributed by atoms with E-state index in [0.717, 1.165) is 29.3 Å². The summed E-state index contributed by atoms with van der Waals surface area (Å²) in [6, 6.07) is 8.69. The van der Waals surface area contributed by atoms with Gasteiger partial charge in [0.2, 0.25) is 0 Å². The number of benzene rings is 2. The van der Waals surface area contributed by atoms with Crippen LogP contribution < -0.4 is 15.4 Å². The molecule has 156 valence electrons. The number of nitro groups is 1. The van der Waals surface area contributed by atoms with Crippen LogP contribution in [0.15, 0.2) is 36.4 Å². The summed E-state index contributed by atoms with van der Waals surface area (Å²) in [6.07, 6.45) is -3.92. The molecule has 0 aliphatic carbocycles.